The number of sulfonamides is 1. The van der Waals surface area contributed by atoms with E-state index in [9.17, 15) is 32.4 Å². The number of allylic oxidation sites excluding steroid dienone is 2. The molecule has 2 fully saturated rings. The average Bonchev–Trinajstić information content (AvgIpc) is 3.91. The largest absolute Gasteiger partial charge is 0.496 e. The average molecular weight is 740 g/mol. The molecule has 4 amide bonds. The standard InChI is InChI=1S/C37H49N5O9S/c1-24-20-31-35(45)39-29(34(44)41-52(48,49)27-15-16-27)13-9-5-3-4-6-10-14-30(36(46)42(31)23-24)40-37(47)51-19-11-7-8-12-26-21-28-25(22-32(26)50-2)17-18-38-33(28)43/h5,8-9,12,17-18,21-22,24,27,29-31H,3-4,6-7,10-11,13-16,19-20,23H2,1-2H3,(H,38,43)(H,39,45)(H,40,47)(H,41,44)/b9-5-,12-8+/t24?,29?,30-,31-/m0/s1. The third-order valence-electron chi connectivity index (χ3n) is 9.60. The lowest BCUT2D eigenvalue weighted by Gasteiger charge is -2.29. The molecule has 1 saturated carbocycles. The van der Waals surface area contributed by atoms with Crippen molar-refractivity contribution in [1.82, 2.24) is 25.2 Å². The number of carbonyl (C=O) groups excluding carboxylic acids is 4. The molecule has 282 valence electrons. The van der Waals surface area contributed by atoms with Crippen molar-refractivity contribution in [3.05, 3.63) is 58.5 Å². The van der Waals surface area contributed by atoms with Crippen LogP contribution in [0, 0.1) is 5.92 Å². The van der Waals surface area contributed by atoms with Gasteiger partial charge in [-0.3, -0.25) is 23.9 Å². The number of pyridine rings is 1. The van der Waals surface area contributed by atoms with Crippen LogP contribution >= 0.6 is 0 Å². The summed E-state index contributed by atoms with van der Waals surface area (Å²) in [6.45, 7) is 2.31. The Morgan fingerprint density at radius 3 is 2.65 bits per heavy atom. The second-order valence-corrected chi connectivity index (χ2v) is 15.8. The molecular weight excluding hydrogens is 690 g/mol. The summed E-state index contributed by atoms with van der Waals surface area (Å²) in [5, 5.41) is 6.16. The van der Waals surface area contributed by atoms with Crippen LogP contribution in [0.25, 0.3) is 16.8 Å². The summed E-state index contributed by atoms with van der Waals surface area (Å²) in [5.41, 5.74) is 0.551. The van der Waals surface area contributed by atoms with Crippen LogP contribution in [-0.2, 0) is 29.1 Å². The highest BCUT2D eigenvalue weighted by Crippen LogP contribution is 2.28. The number of alkyl carbamates (subject to hydrolysis) is 1. The molecule has 1 aromatic carbocycles. The number of benzene rings is 1. The number of methoxy groups -OCH3 is 1. The van der Waals surface area contributed by atoms with Crippen molar-refractivity contribution < 1.29 is 37.1 Å². The second-order valence-electron chi connectivity index (χ2n) is 13.8. The summed E-state index contributed by atoms with van der Waals surface area (Å²) < 4.78 is 38.0. The molecule has 52 heavy (non-hydrogen) atoms. The van der Waals surface area contributed by atoms with E-state index in [0.29, 0.717) is 69.0 Å². The van der Waals surface area contributed by atoms with E-state index >= 15 is 0 Å². The summed E-state index contributed by atoms with van der Waals surface area (Å²) in [6, 6.07) is 2.44. The molecule has 3 aliphatic rings. The van der Waals surface area contributed by atoms with E-state index in [2.05, 4.69) is 20.3 Å². The van der Waals surface area contributed by atoms with Crippen molar-refractivity contribution >= 4 is 50.7 Å². The summed E-state index contributed by atoms with van der Waals surface area (Å²) in [5.74, 6) is -1.15. The Bertz CT molecular complexity index is 1850. The van der Waals surface area contributed by atoms with E-state index in [0.717, 1.165) is 23.8 Å². The van der Waals surface area contributed by atoms with E-state index in [1.165, 1.54) is 4.90 Å². The van der Waals surface area contributed by atoms with Gasteiger partial charge in [-0.1, -0.05) is 44.1 Å². The van der Waals surface area contributed by atoms with E-state index in [1.807, 2.05) is 25.2 Å². The number of aromatic amines is 1. The van der Waals surface area contributed by atoms with Crippen LogP contribution in [0.3, 0.4) is 0 Å². The lowest BCUT2D eigenvalue weighted by Crippen LogP contribution is -2.56. The van der Waals surface area contributed by atoms with Crippen molar-refractivity contribution in [3.63, 3.8) is 0 Å². The van der Waals surface area contributed by atoms with Crippen LogP contribution in [0.4, 0.5) is 4.79 Å². The second kappa shape index (κ2) is 17.7. The van der Waals surface area contributed by atoms with Gasteiger partial charge in [-0.2, -0.15) is 0 Å². The Balaban J connectivity index is 1.18. The summed E-state index contributed by atoms with van der Waals surface area (Å²) >= 11 is 0. The smallest absolute Gasteiger partial charge is 0.407 e. The molecule has 1 saturated heterocycles. The number of unbranched alkanes of at least 4 members (excludes halogenated alkanes) is 1. The lowest BCUT2D eigenvalue weighted by molar-refractivity contribution is -0.140. The minimum absolute atomic E-state index is 0.0167. The first kappa shape index (κ1) is 38.6. The number of ether oxygens (including phenoxy) is 2. The first-order chi connectivity index (χ1) is 25.0. The molecular formula is C37H49N5O9S. The van der Waals surface area contributed by atoms with Crippen LogP contribution in [0.15, 0.2) is 47.4 Å². The van der Waals surface area contributed by atoms with Gasteiger partial charge in [0.05, 0.1) is 19.0 Å². The van der Waals surface area contributed by atoms with Crippen LogP contribution in [0.5, 0.6) is 5.75 Å². The number of hydrogen-bond acceptors (Lipinski definition) is 9. The number of nitrogens with zero attached hydrogens (tertiary/aromatic N) is 1. The first-order valence-corrected chi connectivity index (χ1v) is 19.6. The van der Waals surface area contributed by atoms with Crippen molar-refractivity contribution in [3.8, 4) is 5.75 Å². The normalized spacial score (nSPS) is 24.0. The molecule has 15 heteroatoms. The van der Waals surface area contributed by atoms with E-state index < -0.39 is 57.2 Å². The van der Waals surface area contributed by atoms with Gasteiger partial charge in [0.2, 0.25) is 21.8 Å². The topological polar surface area (TPSA) is 193 Å². The molecule has 4 N–H and O–H groups in total. The number of rotatable bonds is 10. The zero-order chi connectivity index (χ0) is 37.3. The SMILES string of the molecule is COc1cc2cc[nH]c(=O)c2cc1/C=C/CCCOC(=O)N[C@H]1CCCCC/C=C\CC(C(=O)NS(=O)(=O)C2CC2)NC(=O)[C@@H]2CC(C)CN2C1=O. The van der Waals surface area contributed by atoms with Crippen LogP contribution < -0.4 is 25.7 Å². The van der Waals surface area contributed by atoms with Gasteiger partial charge < -0.3 is 30.0 Å². The molecule has 1 aliphatic carbocycles. The zero-order valence-electron chi connectivity index (χ0n) is 29.7. The number of carbonyl (C=O) groups is 4. The van der Waals surface area contributed by atoms with Gasteiger partial charge in [-0.15, -0.1) is 0 Å². The molecule has 2 unspecified atom stereocenters. The van der Waals surface area contributed by atoms with Gasteiger partial charge in [0.1, 0.15) is 23.9 Å². The lowest BCUT2D eigenvalue weighted by atomic mass is 10.0. The van der Waals surface area contributed by atoms with E-state index in [4.69, 9.17) is 9.47 Å². The van der Waals surface area contributed by atoms with Gasteiger partial charge in [-0.05, 0) is 87.3 Å². The molecule has 14 nitrogen and oxygen atoms in total. The number of nitrogens with one attached hydrogen (secondary N) is 4. The number of aromatic nitrogens is 1. The number of H-pyrrole nitrogens is 1. The third kappa shape index (κ3) is 10.2. The van der Waals surface area contributed by atoms with Gasteiger partial charge in [-0.25, -0.2) is 13.2 Å². The minimum Gasteiger partial charge on any atom is -0.496 e. The van der Waals surface area contributed by atoms with Crippen LogP contribution in [0.2, 0.25) is 0 Å². The minimum atomic E-state index is -3.82. The fourth-order valence-corrected chi connectivity index (χ4v) is 7.95. The van der Waals surface area contributed by atoms with Gasteiger partial charge in [0, 0.05) is 23.7 Å². The van der Waals surface area contributed by atoms with Crippen molar-refractivity contribution in [2.24, 2.45) is 5.92 Å². The zero-order valence-corrected chi connectivity index (χ0v) is 30.5. The molecule has 4 atom stereocenters. The van der Waals surface area contributed by atoms with Crippen molar-refractivity contribution in [2.45, 2.75) is 101 Å². The summed E-state index contributed by atoms with van der Waals surface area (Å²) in [4.78, 5) is 69.9. The predicted molar refractivity (Wildman–Crippen MR) is 196 cm³/mol. The molecule has 2 aliphatic heterocycles. The Morgan fingerprint density at radius 2 is 1.88 bits per heavy atom. The monoisotopic (exact) mass is 739 g/mol. The molecule has 0 bridgehead atoms. The Hall–Kier alpha value is -4.66. The Kier molecular flexibility index (Phi) is 13.1. The maximum atomic E-state index is 13.9. The fraction of sp³-hybridized carbons (Fsp3) is 0.541. The molecule has 0 spiro atoms. The Labute approximate surface area is 303 Å². The molecule has 2 aromatic rings. The molecule has 1 aromatic heterocycles. The van der Waals surface area contributed by atoms with E-state index in [-0.39, 0.29) is 24.5 Å². The maximum Gasteiger partial charge on any atom is 0.407 e. The third-order valence-corrected chi connectivity index (χ3v) is 11.4. The maximum absolute atomic E-state index is 13.9. The van der Waals surface area contributed by atoms with E-state index in [1.54, 1.807) is 37.6 Å². The highest BCUT2D eigenvalue weighted by Gasteiger charge is 2.42. The highest BCUT2D eigenvalue weighted by atomic mass is 32.2. The first-order valence-electron chi connectivity index (χ1n) is 18.1. The number of hydrogen-bond donors (Lipinski definition) is 4. The molecule has 0 radical (unpaired) electrons. The number of amides is 4. The fourth-order valence-electron chi connectivity index (χ4n) is 6.60. The molecule has 5 rings (SSSR count). The van der Waals surface area contributed by atoms with Gasteiger partial charge >= 0.3 is 6.09 Å². The van der Waals surface area contributed by atoms with Crippen molar-refractivity contribution in [1.29, 1.82) is 0 Å². The highest BCUT2D eigenvalue weighted by molar-refractivity contribution is 7.90. The van der Waals surface area contributed by atoms with Crippen LogP contribution in [-0.4, -0.2) is 85.8 Å². The quantitative estimate of drug-likeness (QED) is 0.208. The Morgan fingerprint density at radius 1 is 1.08 bits per heavy atom. The van der Waals surface area contributed by atoms with Crippen LogP contribution in [0.1, 0.15) is 83.1 Å². The van der Waals surface area contributed by atoms with Gasteiger partial charge in [0.15, 0.2) is 0 Å². The van der Waals surface area contributed by atoms with Gasteiger partial charge in [0.25, 0.3) is 11.5 Å². The summed E-state index contributed by atoms with van der Waals surface area (Å²) in [7, 11) is -2.25. The predicted octanol–water partition coefficient (Wildman–Crippen LogP) is 3.67. The van der Waals surface area contributed by atoms with Crippen molar-refractivity contribution in [2.75, 3.05) is 20.3 Å². The summed E-state index contributed by atoms with van der Waals surface area (Å²) in [6.07, 6.45) is 14.1. The number of fused-ring (bicyclic) bond motifs is 2. The molecule has 3 heterocycles.